The number of hydrogen-bond acceptors (Lipinski definition) is 10. The SMILES string of the molecule is NN(c1ccccc1)c1ccc(-n2nc3cc([N+](=O)[O-])cc([N+](=O)[O-])c3n2)cc1[N+](=O)[O-]. The molecule has 4 rings (SSSR count). The van der Waals surface area contributed by atoms with E-state index in [1.807, 2.05) is 0 Å². The van der Waals surface area contributed by atoms with E-state index in [-0.39, 0.29) is 28.1 Å². The van der Waals surface area contributed by atoms with Crippen molar-refractivity contribution in [1.29, 1.82) is 0 Å². The molecule has 0 aliphatic heterocycles. The normalized spacial score (nSPS) is 10.8. The maximum Gasteiger partial charge on any atom is 0.305 e. The lowest BCUT2D eigenvalue weighted by Crippen LogP contribution is -2.25. The zero-order valence-electron chi connectivity index (χ0n) is 15.9. The molecule has 14 nitrogen and oxygen atoms in total. The molecule has 14 heteroatoms. The van der Waals surface area contributed by atoms with Gasteiger partial charge in [-0.15, -0.1) is 15.0 Å². The number of aromatic nitrogens is 3. The summed E-state index contributed by atoms with van der Waals surface area (Å²) in [6.45, 7) is 0. The van der Waals surface area contributed by atoms with Crippen molar-refractivity contribution in [3.05, 3.63) is 91.0 Å². The van der Waals surface area contributed by atoms with Gasteiger partial charge in [-0.05, 0) is 24.3 Å². The van der Waals surface area contributed by atoms with Crippen molar-refractivity contribution in [2.75, 3.05) is 5.01 Å². The average Bonchev–Trinajstić information content (AvgIpc) is 3.22. The first-order chi connectivity index (χ1) is 15.3. The van der Waals surface area contributed by atoms with Crippen molar-refractivity contribution in [2.45, 2.75) is 0 Å². The van der Waals surface area contributed by atoms with E-state index in [1.54, 1.807) is 30.3 Å². The molecule has 0 aliphatic rings. The first-order valence-electron chi connectivity index (χ1n) is 8.85. The second-order valence-electron chi connectivity index (χ2n) is 6.47. The Bertz CT molecular complexity index is 1390. The van der Waals surface area contributed by atoms with Crippen molar-refractivity contribution in [2.24, 2.45) is 5.84 Å². The third-order valence-electron chi connectivity index (χ3n) is 4.54. The fourth-order valence-corrected chi connectivity index (χ4v) is 3.06. The van der Waals surface area contributed by atoms with Crippen molar-refractivity contribution < 1.29 is 14.8 Å². The summed E-state index contributed by atoms with van der Waals surface area (Å²) in [5, 5.41) is 43.3. The van der Waals surface area contributed by atoms with Crippen LogP contribution < -0.4 is 10.9 Å². The Labute approximate surface area is 177 Å². The number of nitrogens with zero attached hydrogens (tertiary/aromatic N) is 7. The van der Waals surface area contributed by atoms with Crippen molar-refractivity contribution in [3.8, 4) is 5.69 Å². The summed E-state index contributed by atoms with van der Waals surface area (Å²) < 4.78 is 0. The van der Waals surface area contributed by atoms with Crippen LogP contribution in [0.3, 0.4) is 0 Å². The van der Waals surface area contributed by atoms with E-state index in [2.05, 4.69) is 10.2 Å². The Kier molecular flexibility index (Phi) is 4.88. The highest BCUT2D eigenvalue weighted by molar-refractivity contribution is 5.86. The fraction of sp³-hybridized carbons (Fsp3) is 0. The van der Waals surface area contributed by atoms with E-state index in [0.29, 0.717) is 5.69 Å². The average molecular weight is 436 g/mol. The van der Waals surface area contributed by atoms with Crippen LogP contribution in [0.15, 0.2) is 60.7 Å². The second-order valence-corrected chi connectivity index (χ2v) is 6.47. The first-order valence-corrected chi connectivity index (χ1v) is 8.85. The van der Waals surface area contributed by atoms with Crippen LogP contribution >= 0.6 is 0 Å². The van der Waals surface area contributed by atoms with E-state index in [0.717, 1.165) is 28.0 Å². The molecule has 0 radical (unpaired) electrons. The first kappa shape index (κ1) is 20.3. The molecule has 0 bridgehead atoms. The standard InChI is InChI=1S/C18H12N8O6/c19-22(11-4-2-1-3-5-11)15-7-6-12(9-16(15)25(29)30)23-20-14-8-13(24(27)28)10-17(26(31)32)18(14)21-23/h1-10H,19H2. The number of hydrazine groups is 1. The molecule has 0 saturated carbocycles. The van der Waals surface area contributed by atoms with Gasteiger partial charge >= 0.3 is 5.69 Å². The van der Waals surface area contributed by atoms with E-state index >= 15 is 0 Å². The number of nitrogens with two attached hydrogens (primary N) is 1. The molecule has 4 aromatic rings. The number of fused-ring (bicyclic) bond motifs is 1. The van der Waals surface area contributed by atoms with Gasteiger partial charge in [0.2, 0.25) is 0 Å². The molecule has 0 fully saturated rings. The van der Waals surface area contributed by atoms with Gasteiger partial charge in [0.05, 0.1) is 32.2 Å². The van der Waals surface area contributed by atoms with Gasteiger partial charge in [0.15, 0.2) is 5.52 Å². The van der Waals surface area contributed by atoms with E-state index in [4.69, 9.17) is 5.84 Å². The number of hydrogen-bond donors (Lipinski definition) is 1. The molecule has 0 atom stereocenters. The highest BCUT2D eigenvalue weighted by Gasteiger charge is 2.25. The third-order valence-corrected chi connectivity index (χ3v) is 4.54. The topological polar surface area (TPSA) is 189 Å². The summed E-state index contributed by atoms with van der Waals surface area (Å²) in [6, 6.07) is 14.3. The van der Waals surface area contributed by atoms with Crippen molar-refractivity contribution in [3.63, 3.8) is 0 Å². The van der Waals surface area contributed by atoms with Gasteiger partial charge < -0.3 is 0 Å². The highest BCUT2D eigenvalue weighted by Crippen LogP contribution is 2.34. The van der Waals surface area contributed by atoms with Crippen LogP contribution in [0.25, 0.3) is 16.7 Å². The molecule has 0 amide bonds. The molecule has 32 heavy (non-hydrogen) atoms. The van der Waals surface area contributed by atoms with Gasteiger partial charge in [0.25, 0.3) is 11.4 Å². The molecule has 0 aliphatic carbocycles. The lowest BCUT2D eigenvalue weighted by atomic mass is 10.2. The van der Waals surface area contributed by atoms with Gasteiger partial charge in [-0.3, -0.25) is 35.4 Å². The molecule has 160 valence electrons. The summed E-state index contributed by atoms with van der Waals surface area (Å²) in [6.07, 6.45) is 0. The lowest BCUT2D eigenvalue weighted by Gasteiger charge is -2.18. The molecule has 1 aromatic heterocycles. The highest BCUT2D eigenvalue weighted by atomic mass is 16.6. The lowest BCUT2D eigenvalue weighted by molar-refractivity contribution is -0.393. The Morgan fingerprint density at radius 3 is 2.12 bits per heavy atom. The number of nitro groups is 3. The summed E-state index contributed by atoms with van der Waals surface area (Å²) in [5.74, 6) is 6.06. The van der Waals surface area contributed by atoms with Gasteiger partial charge in [-0.2, -0.15) is 0 Å². The monoisotopic (exact) mass is 436 g/mol. The molecular formula is C18H12N8O6. The zero-order chi connectivity index (χ0) is 23.0. The Morgan fingerprint density at radius 2 is 1.50 bits per heavy atom. The minimum absolute atomic E-state index is 0.0864. The largest absolute Gasteiger partial charge is 0.305 e. The molecule has 3 aromatic carbocycles. The van der Waals surface area contributed by atoms with Gasteiger partial charge in [-0.1, -0.05) is 18.2 Å². The van der Waals surface area contributed by atoms with E-state index < -0.39 is 26.1 Å². The number of benzene rings is 3. The molecule has 2 N–H and O–H groups in total. The summed E-state index contributed by atoms with van der Waals surface area (Å²) in [4.78, 5) is 32.8. The Hall–Kier alpha value is -4.98. The molecular weight excluding hydrogens is 424 g/mol. The second kappa shape index (κ2) is 7.69. The van der Waals surface area contributed by atoms with Crippen LogP contribution in [-0.2, 0) is 0 Å². The van der Waals surface area contributed by atoms with Crippen LogP contribution in [-0.4, -0.2) is 29.8 Å². The number of para-hydroxylation sites is 1. The van der Waals surface area contributed by atoms with Crippen molar-refractivity contribution in [1.82, 2.24) is 15.0 Å². The van der Waals surface area contributed by atoms with Gasteiger partial charge in [0.1, 0.15) is 11.2 Å². The Morgan fingerprint density at radius 1 is 0.812 bits per heavy atom. The predicted octanol–water partition coefficient (Wildman–Crippen LogP) is 3.16. The summed E-state index contributed by atoms with van der Waals surface area (Å²) in [5.41, 5.74) is -1.11. The van der Waals surface area contributed by atoms with Crippen LogP contribution in [0.4, 0.5) is 28.4 Å². The van der Waals surface area contributed by atoms with Crippen LogP contribution in [0.2, 0.25) is 0 Å². The van der Waals surface area contributed by atoms with Gasteiger partial charge in [-0.25, -0.2) is 5.84 Å². The zero-order valence-corrected chi connectivity index (χ0v) is 15.9. The summed E-state index contributed by atoms with van der Waals surface area (Å²) >= 11 is 0. The minimum atomic E-state index is -0.813. The molecule has 0 saturated heterocycles. The third kappa shape index (κ3) is 3.52. The number of rotatable bonds is 6. The van der Waals surface area contributed by atoms with Gasteiger partial charge in [0, 0.05) is 12.1 Å². The predicted molar refractivity (Wildman–Crippen MR) is 112 cm³/mol. The van der Waals surface area contributed by atoms with E-state index in [9.17, 15) is 30.3 Å². The number of non-ortho nitro benzene ring substituents is 2. The fourth-order valence-electron chi connectivity index (χ4n) is 3.06. The maximum atomic E-state index is 11.7. The van der Waals surface area contributed by atoms with Crippen LogP contribution in [0, 0.1) is 30.3 Å². The minimum Gasteiger partial charge on any atom is -0.273 e. The van der Waals surface area contributed by atoms with Crippen LogP contribution in [0.5, 0.6) is 0 Å². The molecule has 0 spiro atoms. The Balaban J connectivity index is 1.84. The number of nitro benzene ring substituents is 3. The maximum absolute atomic E-state index is 11.7. The summed E-state index contributed by atoms with van der Waals surface area (Å²) in [7, 11) is 0. The molecule has 1 heterocycles. The quantitative estimate of drug-likeness (QED) is 0.267. The molecule has 0 unspecified atom stereocenters. The van der Waals surface area contributed by atoms with Crippen molar-refractivity contribution >= 4 is 39.5 Å². The number of anilines is 2. The smallest absolute Gasteiger partial charge is 0.273 e. The van der Waals surface area contributed by atoms with Crippen LogP contribution in [0.1, 0.15) is 0 Å². The van der Waals surface area contributed by atoms with E-state index in [1.165, 1.54) is 12.1 Å².